The lowest BCUT2D eigenvalue weighted by molar-refractivity contribution is 0.109. The van der Waals surface area contributed by atoms with E-state index in [4.69, 9.17) is 14.2 Å². The maximum Gasteiger partial charge on any atom is 0.0642 e. The zero-order valence-corrected chi connectivity index (χ0v) is 12.8. The van der Waals surface area contributed by atoms with Gasteiger partial charge in [0.2, 0.25) is 0 Å². The molecule has 118 valence electrons. The average molecular weight is 294 g/mol. The van der Waals surface area contributed by atoms with Crippen LogP contribution in [-0.4, -0.2) is 59.8 Å². The second-order valence-electron chi connectivity index (χ2n) is 5.03. The molecule has 0 spiro atoms. The van der Waals surface area contributed by atoms with E-state index < -0.39 is 0 Å². The van der Waals surface area contributed by atoms with Gasteiger partial charge in [-0.05, 0) is 30.7 Å². The summed E-state index contributed by atoms with van der Waals surface area (Å²) in [5, 5.41) is 3.37. The normalized spacial score (nSPS) is 15.2. The fourth-order valence-corrected chi connectivity index (χ4v) is 2.29. The van der Waals surface area contributed by atoms with Crippen LogP contribution >= 0.6 is 0 Å². The molecular formula is C16H26N2O3. The summed E-state index contributed by atoms with van der Waals surface area (Å²) in [6, 6.07) is 8.56. The number of benzene rings is 1. The summed E-state index contributed by atoms with van der Waals surface area (Å²) in [7, 11) is 1.71. The Kier molecular flexibility index (Phi) is 7.35. The monoisotopic (exact) mass is 294 g/mol. The summed E-state index contributed by atoms with van der Waals surface area (Å²) >= 11 is 0. The molecule has 1 heterocycles. The largest absolute Gasteiger partial charge is 0.385 e. The maximum absolute atomic E-state index is 5.51. The Morgan fingerprint density at radius 1 is 1.10 bits per heavy atom. The number of nitrogens with one attached hydrogen (secondary N) is 1. The molecule has 0 unspecified atom stereocenters. The van der Waals surface area contributed by atoms with Crippen molar-refractivity contribution < 1.29 is 14.2 Å². The first-order chi connectivity index (χ1) is 10.4. The van der Waals surface area contributed by atoms with Gasteiger partial charge in [0.15, 0.2) is 0 Å². The van der Waals surface area contributed by atoms with Crippen molar-refractivity contribution >= 4 is 11.4 Å². The lowest BCUT2D eigenvalue weighted by atomic mass is 10.2. The molecule has 0 bridgehead atoms. The Labute approximate surface area is 127 Å². The lowest BCUT2D eigenvalue weighted by Crippen LogP contribution is -2.36. The summed E-state index contributed by atoms with van der Waals surface area (Å²) < 4.78 is 15.9. The molecule has 1 saturated heterocycles. The SMILES string of the molecule is COCCCOCCNc1ccc(N2CCOCC2)cc1. The van der Waals surface area contributed by atoms with Crippen LogP contribution < -0.4 is 10.2 Å². The lowest BCUT2D eigenvalue weighted by Gasteiger charge is -2.28. The van der Waals surface area contributed by atoms with Gasteiger partial charge in [-0.3, -0.25) is 0 Å². The predicted molar refractivity (Wildman–Crippen MR) is 85.3 cm³/mol. The second-order valence-corrected chi connectivity index (χ2v) is 5.03. The van der Waals surface area contributed by atoms with Crippen molar-refractivity contribution in [2.45, 2.75) is 6.42 Å². The van der Waals surface area contributed by atoms with Crippen LogP contribution in [0.5, 0.6) is 0 Å². The maximum atomic E-state index is 5.51. The van der Waals surface area contributed by atoms with Crippen LogP contribution in [0.15, 0.2) is 24.3 Å². The molecular weight excluding hydrogens is 268 g/mol. The van der Waals surface area contributed by atoms with Crippen molar-refractivity contribution in [1.82, 2.24) is 0 Å². The number of hydrogen-bond acceptors (Lipinski definition) is 5. The highest BCUT2D eigenvalue weighted by Crippen LogP contribution is 2.18. The van der Waals surface area contributed by atoms with Crippen LogP contribution in [0.25, 0.3) is 0 Å². The standard InChI is InChI=1S/C16H26N2O3/c1-19-10-2-11-20-12-7-17-15-3-5-16(6-4-15)18-8-13-21-14-9-18/h3-6,17H,2,7-14H2,1H3. The number of ether oxygens (including phenoxy) is 3. The topological polar surface area (TPSA) is 43.0 Å². The number of nitrogens with zero attached hydrogens (tertiary/aromatic N) is 1. The van der Waals surface area contributed by atoms with Crippen molar-refractivity contribution in [3.63, 3.8) is 0 Å². The second kappa shape index (κ2) is 9.60. The third kappa shape index (κ3) is 5.91. The van der Waals surface area contributed by atoms with Gasteiger partial charge in [-0.2, -0.15) is 0 Å². The highest BCUT2D eigenvalue weighted by molar-refractivity contribution is 5.55. The molecule has 1 N–H and O–H groups in total. The molecule has 0 radical (unpaired) electrons. The molecule has 1 aliphatic rings. The molecule has 1 aromatic rings. The highest BCUT2D eigenvalue weighted by atomic mass is 16.5. The van der Waals surface area contributed by atoms with Crippen LogP contribution in [0, 0.1) is 0 Å². The van der Waals surface area contributed by atoms with E-state index in [-0.39, 0.29) is 0 Å². The molecule has 5 nitrogen and oxygen atoms in total. The van der Waals surface area contributed by atoms with E-state index in [0.717, 1.165) is 64.8 Å². The van der Waals surface area contributed by atoms with Gasteiger partial charge in [-0.1, -0.05) is 0 Å². The molecule has 1 fully saturated rings. The summed E-state index contributed by atoms with van der Waals surface area (Å²) in [5.74, 6) is 0. The number of methoxy groups -OCH3 is 1. The van der Waals surface area contributed by atoms with Crippen molar-refractivity contribution in [2.24, 2.45) is 0 Å². The zero-order valence-electron chi connectivity index (χ0n) is 12.8. The molecule has 1 aliphatic heterocycles. The van der Waals surface area contributed by atoms with Crippen LogP contribution in [0.1, 0.15) is 6.42 Å². The Morgan fingerprint density at radius 3 is 2.57 bits per heavy atom. The molecule has 21 heavy (non-hydrogen) atoms. The summed E-state index contributed by atoms with van der Waals surface area (Å²) in [4.78, 5) is 2.35. The number of morpholine rings is 1. The van der Waals surface area contributed by atoms with E-state index in [1.165, 1.54) is 5.69 Å². The Hall–Kier alpha value is -1.30. The van der Waals surface area contributed by atoms with Crippen LogP contribution in [0.2, 0.25) is 0 Å². The first-order valence-corrected chi connectivity index (χ1v) is 7.63. The third-order valence-electron chi connectivity index (χ3n) is 3.46. The third-order valence-corrected chi connectivity index (χ3v) is 3.46. The Balaban J connectivity index is 1.63. The summed E-state index contributed by atoms with van der Waals surface area (Å²) in [5.41, 5.74) is 2.40. The van der Waals surface area contributed by atoms with E-state index in [9.17, 15) is 0 Å². The van der Waals surface area contributed by atoms with E-state index in [1.54, 1.807) is 7.11 Å². The summed E-state index contributed by atoms with van der Waals surface area (Å²) in [6.45, 7) is 6.64. The molecule has 2 rings (SSSR count). The number of rotatable bonds is 9. The van der Waals surface area contributed by atoms with Crippen molar-refractivity contribution in [2.75, 3.05) is 70.0 Å². The minimum atomic E-state index is 0.717. The fourth-order valence-electron chi connectivity index (χ4n) is 2.29. The van der Waals surface area contributed by atoms with Gasteiger partial charge in [0.05, 0.1) is 19.8 Å². The minimum absolute atomic E-state index is 0.717. The fraction of sp³-hybridized carbons (Fsp3) is 0.625. The van der Waals surface area contributed by atoms with E-state index >= 15 is 0 Å². The minimum Gasteiger partial charge on any atom is -0.385 e. The van der Waals surface area contributed by atoms with Crippen molar-refractivity contribution in [3.05, 3.63) is 24.3 Å². The highest BCUT2D eigenvalue weighted by Gasteiger charge is 2.10. The number of anilines is 2. The molecule has 0 atom stereocenters. The van der Waals surface area contributed by atoms with Crippen LogP contribution in [0.3, 0.4) is 0 Å². The van der Waals surface area contributed by atoms with Crippen molar-refractivity contribution in [3.8, 4) is 0 Å². The van der Waals surface area contributed by atoms with Crippen molar-refractivity contribution in [1.29, 1.82) is 0 Å². The molecule has 5 heteroatoms. The Morgan fingerprint density at radius 2 is 1.86 bits per heavy atom. The summed E-state index contributed by atoms with van der Waals surface area (Å²) in [6.07, 6.45) is 0.949. The van der Waals surface area contributed by atoms with Gasteiger partial charge in [0, 0.05) is 51.3 Å². The van der Waals surface area contributed by atoms with E-state index in [1.807, 2.05) is 0 Å². The quantitative estimate of drug-likeness (QED) is 0.706. The first-order valence-electron chi connectivity index (χ1n) is 7.63. The Bertz CT molecular complexity index is 378. The van der Waals surface area contributed by atoms with E-state index in [0.29, 0.717) is 0 Å². The molecule has 0 aromatic heterocycles. The van der Waals surface area contributed by atoms with Gasteiger partial charge in [-0.15, -0.1) is 0 Å². The molecule has 1 aromatic carbocycles. The van der Waals surface area contributed by atoms with Gasteiger partial charge < -0.3 is 24.4 Å². The predicted octanol–water partition coefficient (Wildman–Crippen LogP) is 1.99. The smallest absolute Gasteiger partial charge is 0.0642 e. The first kappa shape index (κ1) is 16.1. The van der Waals surface area contributed by atoms with Gasteiger partial charge >= 0.3 is 0 Å². The van der Waals surface area contributed by atoms with Gasteiger partial charge in [0.25, 0.3) is 0 Å². The van der Waals surface area contributed by atoms with E-state index in [2.05, 4.69) is 34.5 Å². The van der Waals surface area contributed by atoms with Crippen LogP contribution in [-0.2, 0) is 14.2 Å². The average Bonchev–Trinajstić information content (AvgIpc) is 2.55. The van der Waals surface area contributed by atoms with Gasteiger partial charge in [-0.25, -0.2) is 0 Å². The number of hydrogen-bond donors (Lipinski definition) is 1. The molecule has 0 saturated carbocycles. The van der Waals surface area contributed by atoms with Crippen LogP contribution in [0.4, 0.5) is 11.4 Å². The molecule has 0 amide bonds. The molecule has 0 aliphatic carbocycles. The van der Waals surface area contributed by atoms with Gasteiger partial charge in [0.1, 0.15) is 0 Å². The zero-order chi connectivity index (χ0) is 14.8.